The maximum atomic E-state index is 5.48. The van der Waals surface area contributed by atoms with E-state index in [1.54, 1.807) is 0 Å². The summed E-state index contributed by atoms with van der Waals surface area (Å²) in [6.45, 7) is 0. The van der Waals surface area contributed by atoms with Gasteiger partial charge in [-0.2, -0.15) is 0 Å². The topological polar surface area (TPSA) is 9.23 Å². The predicted molar refractivity (Wildman–Crippen MR) is 52.5 cm³/mol. The Kier molecular flexibility index (Phi) is 1.92. The smallest absolute Gasteiger partial charge is 0.153 e. The number of rotatable bonds is 1. The van der Waals surface area contributed by atoms with Crippen molar-refractivity contribution in [2.75, 3.05) is 0 Å². The molecule has 1 nitrogen and oxygen atoms in total. The van der Waals surface area contributed by atoms with Gasteiger partial charge in [0.2, 0.25) is 0 Å². The minimum atomic E-state index is -0.171. The highest BCUT2D eigenvalue weighted by atomic mass is 32.1. The van der Waals surface area contributed by atoms with Crippen molar-refractivity contribution in [3.05, 3.63) is 35.9 Å². The lowest BCUT2D eigenvalue weighted by Gasteiger charge is -2.16. The van der Waals surface area contributed by atoms with Crippen LogP contribution in [0.15, 0.2) is 30.3 Å². The van der Waals surface area contributed by atoms with Gasteiger partial charge in [-0.05, 0) is 12.1 Å². The molecule has 1 atom stereocenters. The fourth-order valence-corrected chi connectivity index (χ4v) is 1.28. The molecule has 0 aliphatic carbocycles. The molecular weight excluding hydrogens is 168 g/mol. The molecule has 1 aliphatic rings. The molecule has 2 rings (SSSR count). The second kappa shape index (κ2) is 3.07. The van der Waals surface area contributed by atoms with Gasteiger partial charge in [0.15, 0.2) is 6.10 Å². The first-order chi connectivity index (χ1) is 5.90. The Balaban J connectivity index is 2.39. The number of ether oxygens (including phenoxy) is 1. The summed E-state index contributed by atoms with van der Waals surface area (Å²) in [5.74, 6) is 0.877. The molecule has 59 valence electrons. The van der Waals surface area contributed by atoms with Crippen LogP contribution in [-0.4, -0.2) is 11.5 Å². The molecule has 0 amide bonds. The second-order valence-electron chi connectivity index (χ2n) is 2.55. The maximum Gasteiger partial charge on any atom is 0.153 e. The number of hydrogen-bond acceptors (Lipinski definition) is 2. The largest absolute Gasteiger partial charge is 0.480 e. The Labute approximate surface area is 76.7 Å². The summed E-state index contributed by atoms with van der Waals surface area (Å²) < 4.78 is 5.48. The Morgan fingerprint density at radius 2 is 2.17 bits per heavy atom. The Morgan fingerprint density at radius 1 is 1.33 bits per heavy atom. The first-order valence-corrected chi connectivity index (χ1v) is 4.12. The summed E-state index contributed by atoms with van der Waals surface area (Å²) >= 11 is 4.67. The van der Waals surface area contributed by atoms with Crippen molar-refractivity contribution in [3.63, 3.8) is 0 Å². The summed E-state index contributed by atoms with van der Waals surface area (Å²) in [6, 6.07) is 7.86. The lowest BCUT2D eigenvalue weighted by Crippen LogP contribution is -2.16. The molecule has 0 saturated carbocycles. The van der Waals surface area contributed by atoms with Gasteiger partial charge in [-0.1, -0.05) is 36.5 Å². The lowest BCUT2D eigenvalue weighted by atomic mass is 10.1. The molecule has 0 bridgehead atoms. The normalized spacial score (nSPS) is 19.5. The van der Waals surface area contributed by atoms with Crippen LogP contribution in [0.3, 0.4) is 0 Å². The average molecular weight is 175 g/mol. The van der Waals surface area contributed by atoms with Gasteiger partial charge in [0.1, 0.15) is 5.75 Å². The van der Waals surface area contributed by atoms with Gasteiger partial charge in [0, 0.05) is 5.56 Å². The number of thiocarbonyl (C=S) groups is 1. The van der Waals surface area contributed by atoms with E-state index in [9.17, 15) is 0 Å². The van der Waals surface area contributed by atoms with Gasteiger partial charge in [-0.15, -0.1) is 0 Å². The lowest BCUT2D eigenvalue weighted by molar-refractivity contribution is 0.315. The monoisotopic (exact) mass is 175 g/mol. The van der Waals surface area contributed by atoms with Gasteiger partial charge in [-0.3, -0.25) is 0 Å². The molecule has 0 fully saturated rings. The van der Waals surface area contributed by atoms with Crippen LogP contribution in [0, 0.1) is 0 Å². The van der Waals surface area contributed by atoms with Crippen molar-refractivity contribution < 1.29 is 4.74 Å². The minimum Gasteiger partial charge on any atom is -0.480 e. The molecule has 1 aromatic carbocycles. The van der Waals surface area contributed by atoms with E-state index in [0.29, 0.717) is 0 Å². The molecule has 1 aliphatic heterocycles. The van der Waals surface area contributed by atoms with E-state index in [0.717, 1.165) is 11.3 Å². The molecule has 1 unspecified atom stereocenters. The van der Waals surface area contributed by atoms with Crippen molar-refractivity contribution in [2.45, 2.75) is 6.10 Å². The summed E-state index contributed by atoms with van der Waals surface area (Å²) in [6.07, 6.45) is 3.73. The van der Waals surface area contributed by atoms with E-state index in [1.165, 1.54) is 0 Å². The predicted octanol–water partition coefficient (Wildman–Crippen LogP) is 2.34. The van der Waals surface area contributed by atoms with E-state index in [2.05, 4.69) is 17.6 Å². The van der Waals surface area contributed by atoms with Crippen LogP contribution in [-0.2, 0) is 0 Å². The molecule has 1 radical (unpaired) electrons. The van der Waals surface area contributed by atoms with Crippen LogP contribution in [0.2, 0.25) is 0 Å². The standard InChI is InChI=1S/C10H7OS/c12-7-9-6-5-8-3-1-2-4-10(8)11-9/h1-6,9H. The van der Waals surface area contributed by atoms with Crippen LogP contribution in [0.1, 0.15) is 5.56 Å². The summed E-state index contributed by atoms with van der Waals surface area (Å²) in [5.41, 5.74) is 1.10. The van der Waals surface area contributed by atoms with E-state index in [4.69, 9.17) is 4.74 Å². The SMILES string of the molecule is S=[C]C1C=Cc2ccccc2O1. The fourth-order valence-electron chi connectivity index (χ4n) is 1.16. The van der Waals surface area contributed by atoms with E-state index < -0.39 is 0 Å². The number of hydrogen-bond donors (Lipinski definition) is 0. The second-order valence-corrected chi connectivity index (χ2v) is 2.79. The molecule has 12 heavy (non-hydrogen) atoms. The highest BCUT2D eigenvalue weighted by Crippen LogP contribution is 2.24. The van der Waals surface area contributed by atoms with Crippen LogP contribution >= 0.6 is 12.2 Å². The van der Waals surface area contributed by atoms with Gasteiger partial charge >= 0.3 is 0 Å². The van der Waals surface area contributed by atoms with Crippen molar-refractivity contribution in [2.24, 2.45) is 0 Å². The molecule has 0 saturated heterocycles. The third kappa shape index (κ3) is 1.25. The zero-order chi connectivity index (χ0) is 8.39. The molecule has 2 heteroatoms. The third-order valence-corrected chi connectivity index (χ3v) is 1.97. The van der Waals surface area contributed by atoms with Crippen molar-refractivity contribution in [1.29, 1.82) is 0 Å². The van der Waals surface area contributed by atoms with Crippen molar-refractivity contribution >= 4 is 23.7 Å². The number of benzene rings is 1. The van der Waals surface area contributed by atoms with Gasteiger partial charge in [-0.25, -0.2) is 0 Å². The average Bonchev–Trinajstić information content (AvgIpc) is 2.17. The Morgan fingerprint density at radius 3 is 3.00 bits per heavy atom. The van der Waals surface area contributed by atoms with Gasteiger partial charge in [0.25, 0.3) is 0 Å². The van der Waals surface area contributed by atoms with Gasteiger partial charge in [0.05, 0.1) is 5.37 Å². The zero-order valence-electron chi connectivity index (χ0n) is 6.36. The molecule has 0 spiro atoms. The Hall–Kier alpha value is -1.15. The molecular formula is C10H7OS. The van der Waals surface area contributed by atoms with E-state index in [1.807, 2.05) is 36.4 Å². The molecule has 1 aromatic rings. The third-order valence-electron chi connectivity index (χ3n) is 1.74. The quantitative estimate of drug-likeness (QED) is 0.606. The molecule has 1 heterocycles. The summed E-state index contributed by atoms with van der Waals surface area (Å²) in [5, 5.41) is 2.62. The summed E-state index contributed by atoms with van der Waals surface area (Å²) in [4.78, 5) is 0. The number of para-hydroxylation sites is 1. The first-order valence-electron chi connectivity index (χ1n) is 3.72. The minimum absolute atomic E-state index is 0.171. The van der Waals surface area contributed by atoms with Crippen LogP contribution in [0.4, 0.5) is 0 Å². The maximum absolute atomic E-state index is 5.48. The highest BCUT2D eigenvalue weighted by molar-refractivity contribution is 7.79. The molecule has 0 N–H and O–H groups in total. The highest BCUT2D eigenvalue weighted by Gasteiger charge is 2.10. The van der Waals surface area contributed by atoms with Crippen molar-refractivity contribution in [3.8, 4) is 5.75 Å². The van der Waals surface area contributed by atoms with Crippen LogP contribution in [0.25, 0.3) is 6.08 Å². The fraction of sp³-hybridized carbons (Fsp3) is 0.100. The van der Waals surface area contributed by atoms with Crippen molar-refractivity contribution in [1.82, 2.24) is 0 Å². The van der Waals surface area contributed by atoms with Crippen LogP contribution < -0.4 is 4.74 Å². The summed E-state index contributed by atoms with van der Waals surface area (Å²) in [7, 11) is 0. The molecule has 0 aromatic heterocycles. The van der Waals surface area contributed by atoms with E-state index >= 15 is 0 Å². The first kappa shape index (κ1) is 7.50. The van der Waals surface area contributed by atoms with Gasteiger partial charge < -0.3 is 4.74 Å². The van der Waals surface area contributed by atoms with E-state index in [-0.39, 0.29) is 6.10 Å². The zero-order valence-corrected chi connectivity index (χ0v) is 7.17. The van der Waals surface area contributed by atoms with Crippen LogP contribution in [0.5, 0.6) is 5.75 Å². The Bertz CT molecular complexity index is 330. The number of fused-ring (bicyclic) bond motifs is 1.